The normalized spacial score (nSPS) is 16.0. The predicted octanol–water partition coefficient (Wildman–Crippen LogP) is 3.72. The molecule has 0 radical (unpaired) electrons. The van der Waals surface area contributed by atoms with Crippen molar-refractivity contribution < 1.29 is 14.3 Å². The lowest BCUT2D eigenvalue weighted by Gasteiger charge is -2.18. The summed E-state index contributed by atoms with van der Waals surface area (Å²) >= 11 is 0. The van der Waals surface area contributed by atoms with E-state index in [0.29, 0.717) is 17.9 Å². The Morgan fingerprint density at radius 1 is 1.03 bits per heavy atom. The Morgan fingerprint density at radius 2 is 1.76 bits per heavy atom. The number of benzene rings is 2. The molecule has 3 aromatic rings. The van der Waals surface area contributed by atoms with Crippen molar-refractivity contribution in [2.24, 2.45) is 0 Å². The molecular formula is C23H21N3O3. The highest BCUT2D eigenvalue weighted by molar-refractivity contribution is 5.98. The first-order valence-corrected chi connectivity index (χ1v) is 9.45. The number of aryl methyl sites for hydroxylation is 1. The highest BCUT2D eigenvalue weighted by Crippen LogP contribution is 2.27. The van der Waals surface area contributed by atoms with Crippen LogP contribution in [0.5, 0.6) is 11.5 Å². The summed E-state index contributed by atoms with van der Waals surface area (Å²) in [5.41, 5.74) is 2.12. The molecular weight excluding hydrogens is 366 g/mol. The first-order valence-electron chi connectivity index (χ1n) is 9.45. The summed E-state index contributed by atoms with van der Waals surface area (Å²) in [6, 6.07) is 20.2. The van der Waals surface area contributed by atoms with Gasteiger partial charge in [-0.3, -0.25) is 14.6 Å². The topological polar surface area (TPSA) is 71.5 Å². The first kappa shape index (κ1) is 18.7. The molecule has 1 aromatic heterocycles. The van der Waals surface area contributed by atoms with Crippen LogP contribution in [0.15, 0.2) is 72.9 Å². The van der Waals surface area contributed by atoms with E-state index in [4.69, 9.17) is 4.74 Å². The Balaban J connectivity index is 1.38. The van der Waals surface area contributed by atoms with Gasteiger partial charge in [-0.1, -0.05) is 18.2 Å². The van der Waals surface area contributed by atoms with E-state index in [-0.39, 0.29) is 24.3 Å². The van der Waals surface area contributed by atoms with Gasteiger partial charge < -0.3 is 15.0 Å². The molecule has 1 unspecified atom stereocenters. The molecule has 0 bridgehead atoms. The molecule has 0 spiro atoms. The van der Waals surface area contributed by atoms with Crippen molar-refractivity contribution in [3.05, 3.63) is 84.2 Å². The van der Waals surface area contributed by atoms with Gasteiger partial charge in [-0.2, -0.15) is 0 Å². The van der Waals surface area contributed by atoms with Gasteiger partial charge in [-0.25, -0.2) is 0 Å². The zero-order valence-electron chi connectivity index (χ0n) is 16.0. The van der Waals surface area contributed by atoms with Gasteiger partial charge in [-0.05, 0) is 55.5 Å². The van der Waals surface area contributed by atoms with Gasteiger partial charge in [0.25, 0.3) is 5.91 Å². The third kappa shape index (κ3) is 4.43. The Morgan fingerprint density at radius 3 is 2.45 bits per heavy atom. The highest BCUT2D eigenvalue weighted by atomic mass is 16.5. The second kappa shape index (κ2) is 8.14. The number of anilines is 1. The number of carbonyl (C=O) groups is 2. The third-order valence-electron chi connectivity index (χ3n) is 4.76. The molecule has 1 fully saturated rings. The summed E-state index contributed by atoms with van der Waals surface area (Å²) in [5, 5.41) is 2.92. The lowest BCUT2D eigenvalue weighted by Crippen LogP contribution is -2.37. The van der Waals surface area contributed by atoms with Gasteiger partial charge in [-0.15, -0.1) is 0 Å². The van der Waals surface area contributed by atoms with Crippen molar-refractivity contribution in [3.63, 3.8) is 0 Å². The quantitative estimate of drug-likeness (QED) is 0.724. The second-order valence-electron chi connectivity index (χ2n) is 6.98. The Hall–Kier alpha value is -3.67. The number of pyridine rings is 1. The number of amides is 2. The fourth-order valence-corrected chi connectivity index (χ4v) is 3.24. The molecule has 0 saturated carbocycles. The standard InChI is InChI=1S/C23H21N3O3/c1-16-7-8-17(14-24-16)23(28)25-18-13-22(27)26(15-18)19-9-11-21(12-10-19)29-20-5-3-2-4-6-20/h2-12,14,18H,13,15H2,1H3,(H,25,28). The number of nitrogens with zero attached hydrogens (tertiary/aromatic N) is 2. The van der Waals surface area contributed by atoms with Crippen LogP contribution in [0.4, 0.5) is 5.69 Å². The van der Waals surface area contributed by atoms with Crippen molar-refractivity contribution in [2.45, 2.75) is 19.4 Å². The van der Waals surface area contributed by atoms with E-state index in [1.54, 1.807) is 23.2 Å². The van der Waals surface area contributed by atoms with E-state index in [9.17, 15) is 9.59 Å². The summed E-state index contributed by atoms with van der Waals surface area (Å²) in [6.07, 6.45) is 1.82. The van der Waals surface area contributed by atoms with Crippen molar-refractivity contribution in [2.75, 3.05) is 11.4 Å². The molecule has 1 saturated heterocycles. The minimum absolute atomic E-state index is 0.0194. The number of rotatable bonds is 5. The average molecular weight is 387 g/mol. The van der Waals surface area contributed by atoms with Crippen LogP contribution in [0.3, 0.4) is 0 Å². The monoisotopic (exact) mass is 387 g/mol. The number of nitrogens with one attached hydrogen (secondary N) is 1. The summed E-state index contributed by atoms with van der Waals surface area (Å²) in [4.78, 5) is 30.7. The van der Waals surface area contributed by atoms with Crippen LogP contribution in [-0.2, 0) is 4.79 Å². The number of para-hydroxylation sites is 1. The lowest BCUT2D eigenvalue weighted by atomic mass is 10.2. The maximum absolute atomic E-state index is 12.5. The van der Waals surface area contributed by atoms with Crippen LogP contribution in [0.1, 0.15) is 22.5 Å². The Bertz CT molecular complexity index is 1000. The molecule has 29 heavy (non-hydrogen) atoms. The summed E-state index contributed by atoms with van der Waals surface area (Å²) in [6.45, 7) is 2.30. The van der Waals surface area contributed by atoms with E-state index < -0.39 is 0 Å². The predicted molar refractivity (Wildman–Crippen MR) is 110 cm³/mol. The molecule has 0 aliphatic carbocycles. The molecule has 4 rings (SSSR count). The molecule has 1 aliphatic heterocycles. The Labute approximate surface area is 169 Å². The van der Waals surface area contributed by atoms with Gasteiger partial charge in [0, 0.05) is 30.5 Å². The van der Waals surface area contributed by atoms with Crippen LogP contribution < -0.4 is 15.0 Å². The van der Waals surface area contributed by atoms with Crippen LogP contribution in [0, 0.1) is 6.92 Å². The number of hydrogen-bond donors (Lipinski definition) is 1. The molecule has 1 N–H and O–H groups in total. The largest absolute Gasteiger partial charge is 0.457 e. The van der Waals surface area contributed by atoms with Gasteiger partial charge >= 0.3 is 0 Å². The summed E-state index contributed by atoms with van der Waals surface area (Å²) < 4.78 is 5.79. The second-order valence-corrected chi connectivity index (χ2v) is 6.98. The summed E-state index contributed by atoms with van der Waals surface area (Å²) in [7, 11) is 0. The lowest BCUT2D eigenvalue weighted by molar-refractivity contribution is -0.117. The van der Waals surface area contributed by atoms with Crippen molar-refractivity contribution in [3.8, 4) is 11.5 Å². The minimum atomic E-state index is -0.239. The number of carbonyl (C=O) groups excluding carboxylic acids is 2. The number of hydrogen-bond acceptors (Lipinski definition) is 4. The number of aromatic nitrogens is 1. The maximum atomic E-state index is 12.5. The van der Waals surface area contributed by atoms with E-state index in [2.05, 4.69) is 10.3 Å². The zero-order valence-corrected chi connectivity index (χ0v) is 16.0. The molecule has 2 amide bonds. The molecule has 1 aliphatic rings. The van der Waals surface area contributed by atoms with Crippen LogP contribution in [0.2, 0.25) is 0 Å². The Kier molecular flexibility index (Phi) is 5.24. The molecule has 6 nitrogen and oxygen atoms in total. The van der Waals surface area contributed by atoms with E-state index >= 15 is 0 Å². The molecule has 146 valence electrons. The molecule has 2 heterocycles. The highest BCUT2D eigenvalue weighted by Gasteiger charge is 2.31. The van der Waals surface area contributed by atoms with E-state index in [1.807, 2.05) is 61.5 Å². The van der Waals surface area contributed by atoms with Gasteiger partial charge in [0.05, 0.1) is 11.6 Å². The first-order chi connectivity index (χ1) is 14.1. The van der Waals surface area contributed by atoms with E-state index in [1.165, 1.54) is 0 Å². The minimum Gasteiger partial charge on any atom is -0.457 e. The molecule has 1 atom stereocenters. The van der Waals surface area contributed by atoms with Gasteiger partial charge in [0.1, 0.15) is 11.5 Å². The van der Waals surface area contributed by atoms with Crippen LogP contribution >= 0.6 is 0 Å². The third-order valence-corrected chi connectivity index (χ3v) is 4.76. The number of ether oxygens (including phenoxy) is 1. The van der Waals surface area contributed by atoms with Crippen molar-refractivity contribution >= 4 is 17.5 Å². The zero-order chi connectivity index (χ0) is 20.2. The smallest absolute Gasteiger partial charge is 0.253 e. The average Bonchev–Trinajstić information content (AvgIpc) is 3.10. The van der Waals surface area contributed by atoms with Crippen LogP contribution in [-0.4, -0.2) is 29.4 Å². The fraction of sp³-hybridized carbons (Fsp3) is 0.174. The fourth-order valence-electron chi connectivity index (χ4n) is 3.24. The molecule has 6 heteroatoms. The van der Waals surface area contributed by atoms with Crippen LogP contribution in [0.25, 0.3) is 0 Å². The van der Waals surface area contributed by atoms with Gasteiger partial charge in [0.15, 0.2) is 0 Å². The summed E-state index contributed by atoms with van der Waals surface area (Å²) in [5.74, 6) is 1.21. The van der Waals surface area contributed by atoms with E-state index in [0.717, 1.165) is 17.1 Å². The van der Waals surface area contributed by atoms with Gasteiger partial charge in [0.2, 0.25) is 5.91 Å². The molecule has 2 aromatic carbocycles. The SMILES string of the molecule is Cc1ccc(C(=O)NC2CC(=O)N(c3ccc(Oc4ccccc4)cc3)C2)cn1. The van der Waals surface area contributed by atoms with Crippen molar-refractivity contribution in [1.82, 2.24) is 10.3 Å². The maximum Gasteiger partial charge on any atom is 0.253 e. The van der Waals surface area contributed by atoms with Crippen molar-refractivity contribution in [1.29, 1.82) is 0 Å².